The lowest BCUT2D eigenvalue weighted by Crippen LogP contribution is -2.46. The molecular formula is C20H27N5O3S. The summed E-state index contributed by atoms with van der Waals surface area (Å²) in [4.78, 5) is 25.9. The van der Waals surface area contributed by atoms with Crippen LogP contribution in [0.3, 0.4) is 0 Å². The number of carbonyl (C=O) groups is 2. The number of piperidine rings is 1. The predicted octanol–water partition coefficient (Wildman–Crippen LogP) is 3.04. The lowest BCUT2D eigenvalue weighted by atomic mass is 10.1. The summed E-state index contributed by atoms with van der Waals surface area (Å²) in [5.74, 6) is 0.697. The van der Waals surface area contributed by atoms with Crippen LogP contribution in [0.5, 0.6) is 0 Å². The van der Waals surface area contributed by atoms with E-state index in [9.17, 15) is 9.59 Å². The first-order valence-corrected chi connectivity index (χ1v) is 10.3. The summed E-state index contributed by atoms with van der Waals surface area (Å²) in [7, 11) is 0. The Kier molecular flexibility index (Phi) is 7.03. The molecular weight excluding hydrogens is 390 g/mol. The Balaban J connectivity index is 1.52. The Morgan fingerprint density at radius 3 is 2.62 bits per heavy atom. The molecule has 0 aliphatic carbocycles. The number of aryl methyl sites for hydroxylation is 1. The second kappa shape index (κ2) is 9.69. The third-order valence-corrected chi connectivity index (χ3v) is 5.33. The lowest BCUT2D eigenvalue weighted by Gasteiger charge is -2.31. The van der Waals surface area contributed by atoms with Crippen molar-refractivity contribution in [1.82, 2.24) is 25.0 Å². The molecule has 1 aromatic carbocycles. The van der Waals surface area contributed by atoms with E-state index in [1.54, 1.807) is 11.8 Å². The smallest absolute Gasteiger partial charge is 0.409 e. The number of aromatic amines is 1. The monoisotopic (exact) mass is 417 g/mol. The van der Waals surface area contributed by atoms with E-state index in [-0.39, 0.29) is 18.0 Å². The molecule has 2 amide bonds. The second-order valence-electron chi connectivity index (χ2n) is 7.15. The van der Waals surface area contributed by atoms with Crippen molar-refractivity contribution in [3.63, 3.8) is 0 Å². The van der Waals surface area contributed by atoms with Crippen LogP contribution in [0.2, 0.25) is 0 Å². The highest BCUT2D eigenvalue weighted by Crippen LogP contribution is 2.18. The average molecular weight is 418 g/mol. The van der Waals surface area contributed by atoms with Gasteiger partial charge in [0, 0.05) is 37.7 Å². The van der Waals surface area contributed by atoms with Crippen molar-refractivity contribution in [2.45, 2.75) is 45.7 Å². The summed E-state index contributed by atoms with van der Waals surface area (Å²) >= 11 is 5.33. The topological polar surface area (TPSA) is 92.2 Å². The van der Waals surface area contributed by atoms with Gasteiger partial charge in [-0.05, 0) is 38.9 Å². The van der Waals surface area contributed by atoms with Crippen LogP contribution >= 0.6 is 12.2 Å². The molecule has 1 fully saturated rings. The first kappa shape index (κ1) is 21.0. The number of H-pyrrole nitrogens is 1. The van der Waals surface area contributed by atoms with Crippen molar-refractivity contribution in [3.05, 3.63) is 34.6 Å². The number of carbonyl (C=O) groups excluding carboxylic acids is 2. The van der Waals surface area contributed by atoms with Crippen LogP contribution in [-0.2, 0) is 16.1 Å². The Labute approximate surface area is 175 Å². The van der Waals surface area contributed by atoms with E-state index in [2.05, 4.69) is 15.5 Å². The van der Waals surface area contributed by atoms with Gasteiger partial charge in [-0.2, -0.15) is 5.10 Å². The number of hydrogen-bond acceptors (Lipinski definition) is 5. The van der Waals surface area contributed by atoms with Crippen LogP contribution in [0.1, 0.15) is 31.7 Å². The number of likely N-dealkylation sites (tertiary alicyclic amines) is 1. The van der Waals surface area contributed by atoms with Crippen molar-refractivity contribution in [2.75, 3.05) is 19.7 Å². The summed E-state index contributed by atoms with van der Waals surface area (Å²) in [6.07, 6.45) is 1.48. The van der Waals surface area contributed by atoms with Gasteiger partial charge in [0.1, 0.15) is 0 Å². The zero-order valence-electron chi connectivity index (χ0n) is 16.8. The molecule has 1 aliphatic heterocycles. The van der Waals surface area contributed by atoms with Crippen molar-refractivity contribution >= 4 is 24.2 Å². The van der Waals surface area contributed by atoms with E-state index < -0.39 is 0 Å². The van der Waals surface area contributed by atoms with Crippen molar-refractivity contribution in [1.29, 1.82) is 0 Å². The van der Waals surface area contributed by atoms with Gasteiger partial charge in [-0.1, -0.05) is 29.8 Å². The van der Waals surface area contributed by atoms with Crippen LogP contribution in [0.15, 0.2) is 24.3 Å². The fourth-order valence-corrected chi connectivity index (χ4v) is 3.61. The molecule has 29 heavy (non-hydrogen) atoms. The third kappa shape index (κ3) is 5.44. The third-order valence-electron chi connectivity index (χ3n) is 5.02. The van der Waals surface area contributed by atoms with Crippen molar-refractivity contribution in [2.24, 2.45) is 0 Å². The maximum Gasteiger partial charge on any atom is 0.409 e. The Hall–Kier alpha value is -2.68. The van der Waals surface area contributed by atoms with Gasteiger partial charge < -0.3 is 15.0 Å². The maximum atomic E-state index is 12.4. The number of rotatable bonds is 6. The molecule has 0 saturated carbocycles. The first-order valence-electron chi connectivity index (χ1n) is 9.91. The van der Waals surface area contributed by atoms with Gasteiger partial charge >= 0.3 is 6.09 Å². The normalized spacial score (nSPS) is 14.6. The fourth-order valence-electron chi connectivity index (χ4n) is 3.38. The van der Waals surface area contributed by atoms with Gasteiger partial charge in [-0.25, -0.2) is 4.79 Å². The summed E-state index contributed by atoms with van der Waals surface area (Å²) in [5.41, 5.74) is 2.12. The van der Waals surface area contributed by atoms with Crippen molar-refractivity contribution in [3.8, 4) is 11.4 Å². The molecule has 1 aliphatic rings. The standard InChI is InChI=1S/C20H27N5O3S/c1-3-28-20(27)24-11-8-16(9-12-24)21-17(26)10-13-25-18(22-23-19(25)29)15-6-4-14(2)5-7-15/h4-7,16H,3,8-13H2,1-2H3,(H,21,26)(H,23,29). The summed E-state index contributed by atoms with van der Waals surface area (Å²) in [6, 6.07) is 8.10. The van der Waals surface area contributed by atoms with Crippen LogP contribution in [0.4, 0.5) is 4.79 Å². The molecule has 1 aromatic heterocycles. The molecule has 2 N–H and O–H groups in total. The number of nitrogens with zero attached hydrogens (tertiary/aromatic N) is 3. The molecule has 2 heterocycles. The SMILES string of the molecule is CCOC(=O)N1CCC(NC(=O)CCn2c(-c3ccc(C)cc3)n[nH]c2=S)CC1. The number of aromatic nitrogens is 3. The van der Waals surface area contributed by atoms with E-state index in [1.807, 2.05) is 35.8 Å². The highest BCUT2D eigenvalue weighted by Gasteiger charge is 2.24. The van der Waals surface area contributed by atoms with Gasteiger partial charge in [0.2, 0.25) is 5.91 Å². The molecule has 3 rings (SSSR count). The Bertz CT molecular complexity index is 898. The molecule has 0 radical (unpaired) electrons. The van der Waals surface area contributed by atoms with Crippen LogP contribution < -0.4 is 5.32 Å². The van der Waals surface area contributed by atoms with E-state index in [4.69, 9.17) is 17.0 Å². The molecule has 0 atom stereocenters. The molecule has 0 unspecified atom stereocenters. The molecule has 9 heteroatoms. The number of amides is 2. The minimum atomic E-state index is -0.282. The zero-order chi connectivity index (χ0) is 20.8. The summed E-state index contributed by atoms with van der Waals surface area (Å²) in [6.45, 7) is 5.83. The average Bonchev–Trinajstić information content (AvgIpc) is 3.08. The Morgan fingerprint density at radius 2 is 1.97 bits per heavy atom. The largest absolute Gasteiger partial charge is 0.450 e. The van der Waals surface area contributed by atoms with E-state index >= 15 is 0 Å². The van der Waals surface area contributed by atoms with E-state index in [0.717, 1.165) is 24.2 Å². The number of ether oxygens (including phenoxy) is 1. The minimum Gasteiger partial charge on any atom is -0.450 e. The fraction of sp³-hybridized carbons (Fsp3) is 0.500. The predicted molar refractivity (Wildman–Crippen MR) is 112 cm³/mol. The van der Waals surface area contributed by atoms with E-state index in [1.165, 1.54) is 5.56 Å². The molecule has 2 aromatic rings. The lowest BCUT2D eigenvalue weighted by molar-refractivity contribution is -0.122. The highest BCUT2D eigenvalue weighted by molar-refractivity contribution is 7.71. The van der Waals surface area contributed by atoms with Crippen LogP contribution in [0, 0.1) is 11.7 Å². The molecule has 8 nitrogen and oxygen atoms in total. The number of benzene rings is 1. The van der Waals surface area contributed by atoms with Gasteiger partial charge in [0.05, 0.1) is 6.61 Å². The van der Waals surface area contributed by atoms with Crippen LogP contribution in [-0.4, -0.2) is 57.4 Å². The zero-order valence-corrected chi connectivity index (χ0v) is 17.6. The second-order valence-corrected chi connectivity index (χ2v) is 7.53. The summed E-state index contributed by atoms with van der Waals surface area (Å²) in [5, 5.41) is 10.2. The maximum absolute atomic E-state index is 12.4. The number of nitrogens with one attached hydrogen (secondary N) is 2. The molecule has 0 spiro atoms. The Morgan fingerprint density at radius 1 is 1.28 bits per heavy atom. The molecule has 0 bridgehead atoms. The van der Waals surface area contributed by atoms with Crippen molar-refractivity contribution < 1.29 is 14.3 Å². The van der Waals surface area contributed by atoms with E-state index in [0.29, 0.717) is 37.4 Å². The quantitative estimate of drug-likeness (QED) is 0.705. The molecule has 156 valence electrons. The van der Waals surface area contributed by atoms with Gasteiger partial charge in [0.15, 0.2) is 10.6 Å². The molecule has 1 saturated heterocycles. The number of hydrogen-bond donors (Lipinski definition) is 2. The van der Waals surface area contributed by atoms with Gasteiger partial charge in [-0.3, -0.25) is 14.5 Å². The van der Waals surface area contributed by atoms with Crippen LogP contribution in [0.25, 0.3) is 11.4 Å². The first-order chi connectivity index (χ1) is 14.0. The summed E-state index contributed by atoms with van der Waals surface area (Å²) < 4.78 is 7.37. The minimum absolute atomic E-state index is 0.0301. The van der Waals surface area contributed by atoms with Gasteiger partial charge in [-0.15, -0.1) is 0 Å². The van der Waals surface area contributed by atoms with Gasteiger partial charge in [0.25, 0.3) is 0 Å². The highest BCUT2D eigenvalue weighted by atomic mass is 32.1.